The van der Waals surface area contributed by atoms with Gasteiger partial charge in [-0.3, -0.25) is 4.98 Å². The predicted octanol–water partition coefficient (Wildman–Crippen LogP) is 3.44. The quantitative estimate of drug-likeness (QED) is 0.670. The maximum atomic E-state index is 9.58. The number of hydrogen-bond donors (Lipinski definition) is 2. The molecular formula is C13H15BrN2OS. The molecule has 0 aliphatic carbocycles. The van der Waals surface area contributed by atoms with Gasteiger partial charge < -0.3 is 10.8 Å². The lowest BCUT2D eigenvalue weighted by Crippen LogP contribution is -2.14. The second-order valence-electron chi connectivity index (χ2n) is 4.27. The first-order valence-electron chi connectivity index (χ1n) is 5.67. The summed E-state index contributed by atoms with van der Waals surface area (Å²) < 4.78 is 0.910. The van der Waals surface area contributed by atoms with Crippen LogP contribution in [-0.4, -0.2) is 21.4 Å². The van der Waals surface area contributed by atoms with Gasteiger partial charge >= 0.3 is 0 Å². The molecule has 0 aliphatic heterocycles. The third-order valence-corrected chi connectivity index (χ3v) is 4.59. The van der Waals surface area contributed by atoms with Crippen molar-refractivity contribution < 1.29 is 5.11 Å². The minimum Gasteiger partial charge on any atom is -0.398 e. The molecule has 0 saturated carbocycles. The molecule has 3 nitrogen and oxygen atoms in total. The number of fused-ring (bicyclic) bond motifs is 1. The number of nitrogens with two attached hydrogens (primary N) is 1. The maximum Gasteiger partial charge on any atom is 0.0859 e. The lowest BCUT2D eigenvalue weighted by Gasteiger charge is -2.15. The molecular weight excluding hydrogens is 312 g/mol. The summed E-state index contributed by atoms with van der Waals surface area (Å²) in [4.78, 5) is 5.47. The van der Waals surface area contributed by atoms with Gasteiger partial charge in [-0.2, -0.15) is 0 Å². The first-order chi connectivity index (χ1) is 8.49. The highest BCUT2D eigenvalue weighted by Crippen LogP contribution is 2.34. The molecule has 0 saturated heterocycles. The summed E-state index contributed by atoms with van der Waals surface area (Å²) in [6.07, 6.45) is 1.40. The Bertz CT molecular complexity index is 574. The Labute approximate surface area is 119 Å². The maximum absolute atomic E-state index is 9.58. The molecule has 1 aromatic heterocycles. The van der Waals surface area contributed by atoms with Crippen molar-refractivity contribution in [3.63, 3.8) is 0 Å². The average molecular weight is 327 g/mol. The number of aliphatic hydroxyl groups excluding tert-OH is 1. The fraction of sp³-hybridized carbons (Fsp3) is 0.308. The zero-order valence-corrected chi connectivity index (χ0v) is 12.6. The van der Waals surface area contributed by atoms with Gasteiger partial charge in [0.1, 0.15) is 0 Å². The summed E-state index contributed by atoms with van der Waals surface area (Å²) in [6, 6.07) is 5.81. The van der Waals surface area contributed by atoms with E-state index in [-0.39, 0.29) is 11.4 Å². The molecule has 0 radical (unpaired) electrons. The Morgan fingerprint density at radius 2 is 2.11 bits per heavy atom. The zero-order valence-electron chi connectivity index (χ0n) is 10.2. The van der Waals surface area contributed by atoms with Gasteiger partial charge in [0.25, 0.3) is 0 Å². The van der Waals surface area contributed by atoms with Crippen molar-refractivity contribution >= 4 is 44.3 Å². The van der Waals surface area contributed by atoms with Gasteiger partial charge in [-0.25, -0.2) is 0 Å². The molecule has 2 aromatic rings. The number of nitrogen functional groups attached to an aromatic ring is 1. The fourth-order valence-corrected chi connectivity index (χ4v) is 2.93. The minimum absolute atomic E-state index is 0.113. The Morgan fingerprint density at radius 1 is 1.39 bits per heavy atom. The van der Waals surface area contributed by atoms with Crippen molar-refractivity contribution in [1.82, 2.24) is 4.98 Å². The molecule has 0 fully saturated rings. The largest absolute Gasteiger partial charge is 0.398 e. The number of pyridine rings is 1. The molecule has 1 aromatic carbocycles. The van der Waals surface area contributed by atoms with E-state index in [0.717, 1.165) is 20.3 Å². The normalized spacial score (nSPS) is 14.7. The van der Waals surface area contributed by atoms with Crippen LogP contribution in [0.5, 0.6) is 0 Å². The van der Waals surface area contributed by atoms with Gasteiger partial charge in [0, 0.05) is 31.9 Å². The van der Waals surface area contributed by atoms with Crippen molar-refractivity contribution in [2.45, 2.75) is 30.1 Å². The molecule has 5 heteroatoms. The Hall–Kier alpha value is -0.780. The highest BCUT2D eigenvalue weighted by atomic mass is 79.9. The SMILES string of the molecule is CC(O)C(C)Sc1ccc(N)c2cc(Br)cnc12. The van der Waals surface area contributed by atoms with E-state index in [1.165, 1.54) is 0 Å². The second-order valence-corrected chi connectivity index (χ2v) is 6.60. The molecule has 0 aliphatic rings. The van der Waals surface area contributed by atoms with Crippen molar-refractivity contribution in [2.75, 3.05) is 5.73 Å². The first kappa shape index (κ1) is 13.6. The van der Waals surface area contributed by atoms with Gasteiger partial charge in [-0.1, -0.05) is 6.92 Å². The van der Waals surface area contributed by atoms with Crippen LogP contribution >= 0.6 is 27.7 Å². The highest BCUT2D eigenvalue weighted by Gasteiger charge is 2.14. The Morgan fingerprint density at radius 3 is 2.78 bits per heavy atom. The van der Waals surface area contributed by atoms with Gasteiger partial charge in [0.15, 0.2) is 0 Å². The molecule has 2 atom stereocenters. The Balaban J connectivity index is 2.49. The van der Waals surface area contributed by atoms with Crippen LogP contribution in [0.3, 0.4) is 0 Å². The molecule has 0 spiro atoms. The molecule has 2 unspecified atom stereocenters. The van der Waals surface area contributed by atoms with Crippen molar-refractivity contribution in [1.29, 1.82) is 0 Å². The van der Waals surface area contributed by atoms with E-state index in [2.05, 4.69) is 20.9 Å². The number of rotatable bonds is 3. The monoisotopic (exact) mass is 326 g/mol. The van der Waals surface area contributed by atoms with E-state index in [1.54, 1.807) is 24.9 Å². The lowest BCUT2D eigenvalue weighted by molar-refractivity contribution is 0.196. The summed E-state index contributed by atoms with van der Waals surface area (Å²) in [7, 11) is 0. The van der Waals surface area contributed by atoms with Crippen LogP contribution < -0.4 is 5.73 Å². The molecule has 3 N–H and O–H groups in total. The molecule has 2 rings (SSSR count). The number of halogens is 1. The summed E-state index contributed by atoms with van der Waals surface area (Å²) in [5.74, 6) is 0. The smallest absolute Gasteiger partial charge is 0.0859 e. The number of nitrogens with zero attached hydrogens (tertiary/aromatic N) is 1. The van der Waals surface area contributed by atoms with Crippen LogP contribution in [0.4, 0.5) is 5.69 Å². The third-order valence-electron chi connectivity index (χ3n) is 2.81. The van der Waals surface area contributed by atoms with Crippen LogP contribution in [0.2, 0.25) is 0 Å². The van der Waals surface area contributed by atoms with Crippen LogP contribution in [0.1, 0.15) is 13.8 Å². The van der Waals surface area contributed by atoms with Crippen LogP contribution in [0.15, 0.2) is 33.8 Å². The van der Waals surface area contributed by atoms with Crippen LogP contribution in [0, 0.1) is 0 Å². The number of aromatic nitrogens is 1. The lowest BCUT2D eigenvalue weighted by atomic mass is 10.2. The number of aliphatic hydroxyl groups is 1. The van der Waals surface area contributed by atoms with Crippen LogP contribution in [0.25, 0.3) is 10.9 Å². The van der Waals surface area contributed by atoms with E-state index in [0.29, 0.717) is 5.69 Å². The van der Waals surface area contributed by atoms with Gasteiger partial charge in [0.05, 0.1) is 11.6 Å². The predicted molar refractivity (Wildman–Crippen MR) is 80.9 cm³/mol. The van der Waals surface area contributed by atoms with Crippen molar-refractivity contribution in [2.24, 2.45) is 0 Å². The molecule has 18 heavy (non-hydrogen) atoms. The van der Waals surface area contributed by atoms with Crippen molar-refractivity contribution in [3.05, 3.63) is 28.9 Å². The van der Waals surface area contributed by atoms with Crippen LogP contribution in [-0.2, 0) is 0 Å². The summed E-state index contributed by atoms with van der Waals surface area (Å²) >= 11 is 5.01. The van der Waals surface area contributed by atoms with Gasteiger partial charge in [0.2, 0.25) is 0 Å². The molecule has 0 bridgehead atoms. The fourth-order valence-electron chi connectivity index (χ4n) is 1.58. The van der Waals surface area contributed by atoms with E-state index in [1.807, 2.05) is 25.1 Å². The number of hydrogen-bond acceptors (Lipinski definition) is 4. The highest BCUT2D eigenvalue weighted by molar-refractivity contribution is 9.10. The summed E-state index contributed by atoms with van der Waals surface area (Å²) in [6.45, 7) is 3.79. The molecule has 1 heterocycles. The molecule has 0 amide bonds. The molecule has 96 valence electrons. The van der Waals surface area contributed by atoms with E-state index < -0.39 is 0 Å². The second kappa shape index (κ2) is 5.47. The van der Waals surface area contributed by atoms with Crippen molar-refractivity contribution in [3.8, 4) is 0 Å². The Kier molecular flexibility index (Phi) is 4.14. The third kappa shape index (κ3) is 2.79. The zero-order chi connectivity index (χ0) is 13.3. The first-order valence-corrected chi connectivity index (χ1v) is 7.34. The standard InChI is InChI=1S/C13H15BrN2OS/c1-7(17)8(2)18-12-4-3-11(15)10-5-9(14)6-16-13(10)12/h3-8,17H,15H2,1-2H3. The average Bonchev–Trinajstić information content (AvgIpc) is 2.32. The number of benzene rings is 1. The van der Waals surface area contributed by atoms with E-state index in [9.17, 15) is 5.11 Å². The topological polar surface area (TPSA) is 59.1 Å². The summed E-state index contributed by atoms with van der Waals surface area (Å²) in [5.41, 5.74) is 7.57. The number of anilines is 1. The number of thioether (sulfide) groups is 1. The van der Waals surface area contributed by atoms with Gasteiger partial charge in [-0.15, -0.1) is 11.8 Å². The van der Waals surface area contributed by atoms with E-state index in [4.69, 9.17) is 5.73 Å². The minimum atomic E-state index is -0.363. The van der Waals surface area contributed by atoms with Gasteiger partial charge in [-0.05, 0) is 41.1 Å². The van der Waals surface area contributed by atoms with E-state index >= 15 is 0 Å². The summed E-state index contributed by atoms with van der Waals surface area (Å²) in [5, 5.41) is 10.6.